The first kappa shape index (κ1) is 22.4. The van der Waals surface area contributed by atoms with Crippen LogP contribution in [0.5, 0.6) is 11.5 Å². The molecule has 0 aliphatic carbocycles. The van der Waals surface area contributed by atoms with Gasteiger partial charge in [0, 0.05) is 17.5 Å². The van der Waals surface area contributed by atoms with Gasteiger partial charge < -0.3 is 19.3 Å². The van der Waals surface area contributed by atoms with Gasteiger partial charge in [-0.2, -0.15) is 0 Å². The maximum absolute atomic E-state index is 12.9. The van der Waals surface area contributed by atoms with E-state index in [2.05, 4.69) is 39.8 Å². The van der Waals surface area contributed by atoms with Crippen molar-refractivity contribution in [3.8, 4) is 22.8 Å². The third kappa shape index (κ3) is 4.97. The number of methoxy groups -OCH3 is 2. The van der Waals surface area contributed by atoms with Crippen LogP contribution in [0.1, 0.15) is 41.2 Å². The zero-order valence-electron chi connectivity index (χ0n) is 18.7. The first-order valence-corrected chi connectivity index (χ1v) is 11.7. The van der Waals surface area contributed by atoms with E-state index in [1.54, 1.807) is 49.8 Å². The van der Waals surface area contributed by atoms with Gasteiger partial charge in [-0.25, -0.2) is 0 Å². The van der Waals surface area contributed by atoms with Crippen molar-refractivity contribution in [2.75, 3.05) is 33.9 Å². The summed E-state index contributed by atoms with van der Waals surface area (Å²) < 4.78 is 16.2. The highest BCUT2D eigenvalue weighted by atomic mass is 32.1. The minimum atomic E-state index is -0.256. The van der Waals surface area contributed by atoms with Gasteiger partial charge in [0.1, 0.15) is 11.5 Å². The molecule has 4 rings (SSSR count). The predicted octanol–water partition coefficient (Wildman–Crippen LogP) is 4.62. The standard InChI is InChI=1S/C24H29N3O4S/c1-16-8-10-27(11-9-16)20(23-5-4-12-32-23)15-25-24(28)19-14-22(31-26-19)18-13-17(29-2)6-7-21(18)30-3/h4-7,12-14,16,20H,8-11,15H2,1-3H3,(H,25,28). The quantitative estimate of drug-likeness (QED) is 0.534. The van der Waals surface area contributed by atoms with E-state index in [4.69, 9.17) is 14.0 Å². The number of hydrogen-bond donors (Lipinski definition) is 1. The third-order valence-electron chi connectivity index (χ3n) is 6.00. The van der Waals surface area contributed by atoms with E-state index in [-0.39, 0.29) is 17.6 Å². The second-order valence-corrected chi connectivity index (χ2v) is 9.08. The van der Waals surface area contributed by atoms with Gasteiger partial charge in [-0.15, -0.1) is 11.3 Å². The van der Waals surface area contributed by atoms with Crippen LogP contribution in [-0.4, -0.2) is 49.8 Å². The maximum atomic E-state index is 12.9. The molecule has 170 valence electrons. The summed E-state index contributed by atoms with van der Waals surface area (Å²) in [4.78, 5) is 16.6. The Hall–Kier alpha value is -2.84. The molecule has 8 heteroatoms. The van der Waals surface area contributed by atoms with Crippen LogP contribution in [0.3, 0.4) is 0 Å². The zero-order valence-corrected chi connectivity index (χ0v) is 19.5. The Morgan fingerprint density at radius 2 is 2.06 bits per heavy atom. The number of aromatic nitrogens is 1. The average molecular weight is 456 g/mol. The fourth-order valence-corrected chi connectivity index (χ4v) is 4.89. The number of thiophene rings is 1. The summed E-state index contributed by atoms with van der Waals surface area (Å²) in [6.45, 7) is 4.92. The van der Waals surface area contributed by atoms with Crippen molar-refractivity contribution >= 4 is 17.2 Å². The van der Waals surface area contributed by atoms with Crippen molar-refractivity contribution < 1.29 is 18.8 Å². The molecule has 1 saturated heterocycles. The topological polar surface area (TPSA) is 76.8 Å². The number of hydrogen-bond acceptors (Lipinski definition) is 7. The van der Waals surface area contributed by atoms with Crippen molar-refractivity contribution in [1.29, 1.82) is 0 Å². The normalized spacial score (nSPS) is 16.0. The fraction of sp³-hybridized carbons (Fsp3) is 0.417. The number of rotatable bonds is 8. The van der Waals surface area contributed by atoms with Gasteiger partial charge in [0.15, 0.2) is 11.5 Å². The SMILES string of the molecule is COc1ccc(OC)c(-c2cc(C(=O)NCC(c3cccs3)N3CCC(C)CC3)no2)c1. The van der Waals surface area contributed by atoms with Crippen molar-refractivity contribution in [3.63, 3.8) is 0 Å². The van der Waals surface area contributed by atoms with E-state index in [1.807, 2.05) is 0 Å². The Balaban J connectivity index is 1.47. The number of carbonyl (C=O) groups is 1. The van der Waals surface area contributed by atoms with Crippen LogP contribution in [0.15, 0.2) is 46.3 Å². The molecule has 0 spiro atoms. The highest BCUT2D eigenvalue weighted by molar-refractivity contribution is 7.10. The first-order chi connectivity index (χ1) is 15.6. The maximum Gasteiger partial charge on any atom is 0.273 e. The van der Waals surface area contributed by atoms with Crippen LogP contribution in [0.25, 0.3) is 11.3 Å². The van der Waals surface area contributed by atoms with Crippen molar-refractivity contribution in [2.24, 2.45) is 5.92 Å². The van der Waals surface area contributed by atoms with Gasteiger partial charge in [0.2, 0.25) is 0 Å². The van der Waals surface area contributed by atoms with Gasteiger partial charge in [0.25, 0.3) is 5.91 Å². The molecular weight excluding hydrogens is 426 g/mol. The Labute approximate surface area is 192 Å². The lowest BCUT2D eigenvalue weighted by Crippen LogP contribution is -2.41. The number of benzene rings is 1. The molecule has 1 amide bonds. The minimum absolute atomic E-state index is 0.163. The Bertz CT molecular complexity index is 1030. The largest absolute Gasteiger partial charge is 0.497 e. The average Bonchev–Trinajstić information content (AvgIpc) is 3.52. The summed E-state index contributed by atoms with van der Waals surface area (Å²) in [5.74, 6) is 2.23. The summed E-state index contributed by atoms with van der Waals surface area (Å²) in [5, 5.41) is 9.14. The summed E-state index contributed by atoms with van der Waals surface area (Å²) in [7, 11) is 3.18. The molecule has 0 radical (unpaired) electrons. The molecule has 1 N–H and O–H groups in total. The predicted molar refractivity (Wildman–Crippen MR) is 124 cm³/mol. The number of ether oxygens (including phenoxy) is 2. The van der Waals surface area contributed by atoms with Crippen molar-refractivity contribution in [1.82, 2.24) is 15.4 Å². The lowest BCUT2D eigenvalue weighted by Gasteiger charge is -2.36. The van der Waals surface area contributed by atoms with Crippen molar-refractivity contribution in [2.45, 2.75) is 25.8 Å². The van der Waals surface area contributed by atoms with E-state index in [0.29, 0.717) is 29.4 Å². The van der Waals surface area contributed by atoms with Gasteiger partial charge in [0.05, 0.1) is 25.8 Å². The van der Waals surface area contributed by atoms with Crippen LogP contribution in [0, 0.1) is 5.92 Å². The van der Waals surface area contributed by atoms with Crippen LogP contribution in [0.4, 0.5) is 0 Å². The number of piperidine rings is 1. The third-order valence-corrected chi connectivity index (χ3v) is 6.98. The molecule has 0 bridgehead atoms. The van der Waals surface area contributed by atoms with Gasteiger partial charge in [-0.1, -0.05) is 18.1 Å². The van der Waals surface area contributed by atoms with Crippen LogP contribution in [-0.2, 0) is 0 Å². The molecule has 1 aliphatic heterocycles. The molecular formula is C24H29N3O4S. The number of amides is 1. The highest BCUT2D eigenvalue weighted by Gasteiger charge is 2.26. The Morgan fingerprint density at radius 3 is 2.75 bits per heavy atom. The van der Waals surface area contributed by atoms with Gasteiger partial charge in [-0.05, 0) is 61.5 Å². The van der Waals surface area contributed by atoms with E-state index >= 15 is 0 Å². The second-order valence-electron chi connectivity index (χ2n) is 8.10. The Kier molecular flexibility index (Phi) is 7.12. The van der Waals surface area contributed by atoms with Crippen molar-refractivity contribution in [3.05, 3.63) is 52.3 Å². The molecule has 3 aromatic rings. The summed E-state index contributed by atoms with van der Waals surface area (Å²) >= 11 is 1.73. The monoisotopic (exact) mass is 455 g/mol. The molecule has 7 nitrogen and oxygen atoms in total. The van der Waals surface area contributed by atoms with E-state index < -0.39 is 0 Å². The lowest BCUT2D eigenvalue weighted by molar-refractivity contribution is 0.0906. The molecule has 32 heavy (non-hydrogen) atoms. The fourth-order valence-electron chi connectivity index (χ4n) is 4.03. The number of nitrogens with zero attached hydrogens (tertiary/aromatic N) is 2. The molecule has 0 saturated carbocycles. The van der Waals surface area contributed by atoms with Crippen LogP contribution >= 0.6 is 11.3 Å². The Morgan fingerprint density at radius 1 is 1.25 bits per heavy atom. The number of nitrogens with one attached hydrogen (secondary N) is 1. The molecule has 2 aromatic heterocycles. The van der Waals surface area contributed by atoms with E-state index in [1.165, 1.54) is 17.7 Å². The molecule has 1 aliphatic rings. The van der Waals surface area contributed by atoms with Gasteiger partial charge >= 0.3 is 0 Å². The van der Waals surface area contributed by atoms with E-state index in [9.17, 15) is 4.79 Å². The van der Waals surface area contributed by atoms with Gasteiger partial charge in [-0.3, -0.25) is 9.69 Å². The van der Waals surface area contributed by atoms with Crippen LogP contribution in [0.2, 0.25) is 0 Å². The molecule has 1 aromatic carbocycles. The van der Waals surface area contributed by atoms with Crippen LogP contribution < -0.4 is 14.8 Å². The summed E-state index contributed by atoms with van der Waals surface area (Å²) in [6.07, 6.45) is 2.37. The van der Waals surface area contributed by atoms with E-state index in [0.717, 1.165) is 19.0 Å². The second kappa shape index (κ2) is 10.2. The minimum Gasteiger partial charge on any atom is -0.497 e. The molecule has 1 fully saturated rings. The molecule has 3 heterocycles. The number of likely N-dealkylation sites (tertiary alicyclic amines) is 1. The smallest absolute Gasteiger partial charge is 0.273 e. The first-order valence-electron chi connectivity index (χ1n) is 10.8. The highest BCUT2D eigenvalue weighted by Crippen LogP contribution is 2.34. The zero-order chi connectivity index (χ0) is 22.5. The lowest BCUT2D eigenvalue weighted by atomic mass is 9.97. The molecule has 1 atom stereocenters. The summed E-state index contributed by atoms with van der Waals surface area (Å²) in [6, 6.07) is 11.4. The number of carbonyl (C=O) groups excluding carboxylic acids is 1. The molecule has 1 unspecified atom stereocenters. The summed E-state index contributed by atoms with van der Waals surface area (Å²) in [5.41, 5.74) is 0.916.